The van der Waals surface area contributed by atoms with Gasteiger partial charge < -0.3 is 11.1 Å². The zero-order valence-corrected chi connectivity index (χ0v) is 14.6. The van der Waals surface area contributed by atoms with Crippen molar-refractivity contribution in [3.8, 4) is 0 Å². The molecule has 0 heterocycles. The molecule has 1 atom stereocenters. The standard InChI is InChI=1S/C16H25N3O3S/c1-10(2)8-14(17)16(20)18-13-5-4-11(3)15(9-13)23(21,22)19-12-6-7-12/h4-5,9-10,12,14,19H,6-8,17H2,1-3H3,(H,18,20)/t14-/m0/s1. The largest absolute Gasteiger partial charge is 0.325 e. The smallest absolute Gasteiger partial charge is 0.241 e. The summed E-state index contributed by atoms with van der Waals surface area (Å²) in [5, 5.41) is 2.70. The SMILES string of the molecule is Cc1ccc(NC(=O)[C@@H](N)CC(C)C)cc1S(=O)(=O)NC1CC1. The molecule has 1 fully saturated rings. The zero-order chi connectivity index (χ0) is 17.2. The van der Waals surface area contributed by atoms with Gasteiger partial charge in [0.2, 0.25) is 15.9 Å². The van der Waals surface area contributed by atoms with Gasteiger partial charge in [-0.3, -0.25) is 4.79 Å². The first-order valence-corrected chi connectivity index (χ1v) is 9.37. The number of aryl methyl sites for hydroxylation is 1. The molecule has 4 N–H and O–H groups in total. The van der Waals surface area contributed by atoms with E-state index in [-0.39, 0.29) is 16.8 Å². The van der Waals surface area contributed by atoms with E-state index in [1.165, 1.54) is 6.07 Å². The molecule has 0 saturated heterocycles. The number of benzene rings is 1. The average Bonchev–Trinajstić information content (AvgIpc) is 3.23. The number of sulfonamides is 1. The average molecular weight is 339 g/mol. The van der Waals surface area contributed by atoms with Crippen molar-refractivity contribution in [1.82, 2.24) is 4.72 Å². The van der Waals surface area contributed by atoms with E-state index in [4.69, 9.17) is 5.73 Å². The Morgan fingerprint density at radius 2 is 2.00 bits per heavy atom. The number of hydrogen-bond acceptors (Lipinski definition) is 4. The van der Waals surface area contributed by atoms with E-state index in [1.54, 1.807) is 19.1 Å². The van der Waals surface area contributed by atoms with E-state index in [9.17, 15) is 13.2 Å². The van der Waals surface area contributed by atoms with Gasteiger partial charge in [0.1, 0.15) is 0 Å². The van der Waals surface area contributed by atoms with Crippen molar-refractivity contribution in [1.29, 1.82) is 0 Å². The maximum atomic E-state index is 12.4. The van der Waals surface area contributed by atoms with Gasteiger partial charge in [0.25, 0.3) is 0 Å². The Bertz CT molecular complexity index is 682. The van der Waals surface area contributed by atoms with Crippen molar-refractivity contribution in [2.24, 2.45) is 11.7 Å². The minimum Gasteiger partial charge on any atom is -0.325 e. The van der Waals surface area contributed by atoms with Crippen molar-refractivity contribution >= 4 is 21.6 Å². The highest BCUT2D eigenvalue weighted by Crippen LogP contribution is 2.25. The summed E-state index contributed by atoms with van der Waals surface area (Å²) < 4.78 is 27.4. The topological polar surface area (TPSA) is 101 Å². The molecule has 0 spiro atoms. The third kappa shape index (κ3) is 5.02. The minimum atomic E-state index is -3.56. The summed E-state index contributed by atoms with van der Waals surface area (Å²) in [6.45, 7) is 5.72. The van der Waals surface area contributed by atoms with E-state index in [0.717, 1.165) is 12.8 Å². The van der Waals surface area contributed by atoms with Crippen molar-refractivity contribution < 1.29 is 13.2 Å². The number of nitrogens with one attached hydrogen (secondary N) is 2. The number of amides is 1. The van der Waals surface area contributed by atoms with E-state index in [2.05, 4.69) is 10.0 Å². The Morgan fingerprint density at radius 1 is 1.35 bits per heavy atom. The second-order valence-corrected chi connectivity index (χ2v) is 8.28. The molecule has 23 heavy (non-hydrogen) atoms. The lowest BCUT2D eigenvalue weighted by Crippen LogP contribution is -2.36. The summed E-state index contributed by atoms with van der Waals surface area (Å²) in [5.74, 6) is 0.00787. The van der Waals surface area contributed by atoms with E-state index in [1.807, 2.05) is 13.8 Å². The van der Waals surface area contributed by atoms with Crippen LogP contribution < -0.4 is 15.8 Å². The molecule has 0 aromatic heterocycles. The Kier molecular flexibility index (Phi) is 5.44. The first-order valence-electron chi connectivity index (χ1n) is 7.88. The van der Waals surface area contributed by atoms with Crippen molar-refractivity contribution in [3.05, 3.63) is 23.8 Å². The molecule has 0 bridgehead atoms. The second kappa shape index (κ2) is 6.98. The number of hydrogen-bond donors (Lipinski definition) is 3. The molecule has 0 unspecified atom stereocenters. The van der Waals surface area contributed by atoms with Crippen molar-refractivity contribution in [3.63, 3.8) is 0 Å². The number of carbonyl (C=O) groups is 1. The van der Waals surface area contributed by atoms with Gasteiger partial charge in [0.15, 0.2) is 0 Å². The van der Waals surface area contributed by atoms with Crippen LogP contribution in [0.2, 0.25) is 0 Å². The molecule has 128 valence electrons. The maximum absolute atomic E-state index is 12.4. The summed E-state index contributed by atoms with van der Waals surface area (Å²) in [6.07, 6.45) is 2.32. The van der Waals surface area contributed by atoms with Gasteiger partial charge in [0.05, 0.1) is 10.9 Å². The molecule has 0 aliphatic heterocycles. The molecule has 1 aromatic carbocycles. The van der Waals surface area contributed by atoms with Crippen molar-refractivity contribution in [2.75, 3.05) is 5.32 Å². The van der Waals surface area contributed by atoms with Gasteiger partial charge in [-0.05, 0) is 49.8 Å². The predicted molar refractivity (Wildman–Crippen MR) is 90.6 cm³/mol. The number of anilines is 1. The Balaban J connectivity index is 2.15. The highest BCUT2D eigenvalue weighted by molar-refractivity contribution is 7.89. The third-order valence-electron chi connectivity index (χ3n) is 3.71. The van der Waals surface area contributed by atoms with Crippen LogP contribution in [0.5, 0.6) is 0 Å². The van der Waals surface area contributed by atoms with Crippen LogP contribution >= 0.6 is 0 Å². The lowest BCUT2D eigenvalue weighted by atomic mass is 10.0. The van der Waals surface area contributed by atoms with Gasteiger partial charge in [-0.25, -0.2) is 13.1 Å². The monoisotopic (exact) mass is 339 g/mol. The molecule has 2 rings (SSSR count). The molecule has 1 aliphatic rings. The van der Waals surface area contributed by atoms with Crippen LogP contribution in [0, 0.1) is 12.8 Å². The van der Waals surface area contributed by atoms with Crippen LogP contribution in [0.15, 0.2) is 23.1 Å². The highest BCUT2D eigenvalue weighted by atomic mass is 32.2. The minimum absolute atomic E-state index is 0.0390. The number of rotatable bonds is 7. The lowest BCUT2D eigenvalue weighted by molar-refractivity contribution is -0.117. The molecule has 7 heteroatoms. The summed E-state index contributed by atoms with van der Waals surface area (Å²) in [5.41, 5.74) is 6.93. The number of carbonyl (C=O) groups excluding carboxylic acids is 1. The molecule has 6 nitrogen and oxygen atoms in total. The first-order chi connectivity index (χ1) is 10.7. The molecule has 1 aliphatic carbocycles. The molecule has 1 aromatic rings. The summed E-state index contributed by atoms with van der Waals surface area (Å²) in [4.78, 5) is 12.3. The molecule has 1 amide bonds. The van der Waals surface area contributed by atoms with Crippen LogP contribution in [0.25, 0.3) is 0 Å². The van der Waals surface area contributed by atoms with Crippen LogP contribution in [0.1, 0.15) is 38.7 Å². The van der Waals surface area contributed by atoms with Gasteiger partial charge in [-0.15, -0.1) is 0 Å². The fourth-order valence-electron chi connectivity index (χ4n) is 2.30. The first kappa shape index (κ1) is 17.9. The summed E-state index contributed by atoms with van der Waals surface area (Å²) in [7, 11) is -3.56. The highest BCUT2D eigenvalue weighted by Gasteiger charge is 2.29. The van der Waals surface area contributed by atoms with Crippen LogP contribution in [-0.2, 0) is 14.8 Å². The number of nitrogens with two attached hydrogens (primary N) is 1. The molecular formula is C16H25N3O3S. The zero-order valence-electron chi connectivity index (χ0n) is 13.8. The van der Waals surface area contributed by atoms with Crippen LogP contribution in [0.3, 0.4) is 0 Å². The second-order valence-electron chi connectivity index (χ2n) is 6.60. The van der Waals surface area contributed by atoms with Crippen molar-refractivity contribution in [2.45, 2.75) is 57.0 Å². The fourth-order valence-corrected chi connectivity index (χ4v) is 3.88. The lowest BCUT2D eigenvalue weighted by Gasteiger charge is -2.15. The predicted octanol–water partition coefficient (Wildman–Crippen LogP) is 1.75. The normalized spacial score (nSPS) is 16.4. The van der Waals surface area contributed by atoms with Gasteiger partial charge in [-0.1, -0.05) is 19.9 Å². The van der Waals surface area contributed by atoms with E-state index < -0.39 is 16.1 Å². The van der Waals surface area contributed by atoms with Gasteiger partial charge >= 0.3 is 0 Å². The van der Waals surface area contributed by atoms with E-state index >= 15 is 0 Å². The summed E-state index contributed by atoms with van der Waals surface area (Å²) in [6, 6.07) is 4.29. The Labute approximate surface area is 137 Å². The molecule has 1 saturated carbocycles. The van der Waals surface area contributed by atoms with Crippen LogP contribution in [0.4, 0.5) is 5.69 Å². The molecule has 0 radical (unpaired) electrons. The van der Waals surface area contributed by atoms with Gasteiger partial charge in [-0.2, -0.15) is 0 Å². The summed E-state index contributed by atoms with van der Waals surface area (Å²) >= 11 is 0. The van der Waals surface area contributed by atoms with Crippen LogP contribution in [-0.4, -0.2) is 26.4 Å². The quantitative estimate of drug-likeness (QED) is 0.704. The maximum Gasteiger partial charge on any atom is 0.241 e. The Hall–Kier alpha value is -1.44. The Morgan fingerprint density at radius 3 is 2.57 bits per heavy atom. The van der Waals surface area contributed by atoms with Gasteiger partial charge in [0, 0.05) is 11.7 Å². The van der Waals surface area contributed by atoms with E-state index in [0.29, 0.717) is 23.6 Å². The third-order valence-corrected chi connectivity index (χ3v) is 5.37. The molecular weight excluding hydrogens is 314 g/mol. The fraction of sp³-hybridized carbons (Fsp3) is 0.562.